The van der Waals surface area contributed by atoms with E-state index in [0.29, 0.717) is 18.4 Å². The van der Waals surface area contributed by atoms with Crippen LogP contribution in [0.3, 0.4) is 0 Å². The normalized spacial score (nSPS) is 26.7. The quantitative estimate of drug-likeness (QED) is 0.633. The molecule has 3 fully saturated rings. The fourth-order valence-electron chi connectivity index (χ4n) is 3.20. The Kier molecular flexibility index (Phi) is 4.44. The lowest BCUT2D eigenvalue weighted by Gasteiger charge is -2.47. The van der Waals surface area contributed by atoms with Crippen molar-refractivity contribution in [2.45, 2.75) is 13.0 Å². The summed E-state index contributed by atoms with van der Waals surface area (Å²) in [6, 6.07) is 5.48. The first-order chi connectivity index (χ1) is 10.7. The molecule has 3 heterocycles. The van der Waals surface area contributed by atoms with Crippen molar-refractivity contribution < 1.29 is 9.66 Å². The number of anilines is 1. The Hall–Kier alpha value is -1.86. The van der Waals surface area contributed by atoms with Crippen LogP contribution in [0.15, 0.2) is 18.2 Å². The summed E-state index contributed by atoms with van der Waals surface area (Å²) in [4.78, 5) is 15.6. The van der Waals surface area contributed by atoms with Crippen molar-refractivity contribution in [2.75, 3.05) is 51.2 Å². The second kappa shape index (κ2) is 6.50. The van der Waals surface area contributed by atoms with Crippen molar-refractivity contribution in [2.24, 2.45) is 0 Å². The van der Waals surface area contributed by atoms with Crippen LogP contribution in [0.1, 0.15) is 6.92 Å². The third-order valence-electron chi connectivity index (χ3n) is 4.39. The van der Waals surface area contributed by atoms with Gasteiger partial charge in [-0.25, -0.2) is 0 Å². The van der Waals surface area contributed by atoms with Gasteiger partial charge in [-0.15, -0.1) is 0 Å². The summed E-state index contributed by atoms with van der Waals surface area (Å²) >= 11 is 0. The number of nitro groups is 1. The zero-order chi connectivity index (χ0) is 15.5. The van der Waals surface area contributed by atoms with Crippen molar-refractivity contribution in [3.63, 3.8) is 0 Å². The third-order valence-corrected chi connectivity index (χ3v) is 4.39. The Labute approximate surface area is 130 Å². The molecule has 2 bridgehead atoms. The molecule has 0 aliphatic carbocycles. The molecule has 22 heavy (non-hydrogen) atoms. The molecule has 0 aromatic heterocycles. The van der Waals surface area contributed by atoms with Gasteiger partial charge in [-0.1, -0.05) is 0 Å². The molecular weight excluding hydrogens is 284 g/mol. The minimum absolute atomic E-state index is 0.0129. The van der Waals surface area contributed by atoms with Crippen LogP contribution >= 0.6 is 0 Å². The van der Waals surface area contributed by atoms with Gasteiger partial charge in [-0.2, -0.15) is 0 Å². The van der Waals surface area contributed by atoms with Gasteiger partial charge in [0.1, 0.15) is 0 Å². The highest BCUT2D eigenvalue weighted by Crippen LogP contribution is 2.30. The van der Waals surface area contributed by atoms with E-state index in [4.69, 9.17) is 4.74 Å². The van der Waals surface area contributed by atoms with E-state index in [1.54, 1.807) is 12.1 Å². The summed E-state index contributed by atoms with van der Waals surface area (Å²) in [5.74, 6) is 0.326. The van der Waals surface area contributed by atoms with E-state index < -0.39 is 4.92 Å². The molecule has 4 rings (SSSR count). The number of nitrogens with zero attached hydrogens (tertiary/aromatic N) is 3. The smallest absolute Gasteiger partial charge is 0.311 e. The monoisotopic (exact) mass is 306 g/mol. The lowest BCUT2D eigenvalue weighted by atomic mass is 10.1. The summed E-state index contributed by atoms with van der Waals surface area (Å²) in [5.41, 5.74) is 0.880. The molecule has 1 aromatic carbocycles. The SMILES string of the molecule is CCOc1cc(NC[C@H]2CN3CCN2CC3)ccc1[N+](=O)[O-]. The Balaban J connectivity index is 1.65. The van der Waals surface area contributed by atoms with Crippen molar-refractivity contribution in [3.05, 3.63) is 28.3 Å². The predicted molar refractivity (Wildman–Crippen MR) is 84.6 cm³/mol. The molecule has 3 aliphatic heterocycles. The molecule has 3 saturated heterocycles. The van der Waals surface area contributed by atoms with Crippen LogP contribution in [0.25, 0.3) is 0 Å². The molecule has 0 amide bonds. The summed E-state index contributed by atoms with van der Waals surface area (Å²) < 4.78 is 5.38. The Morgan fingerprint density at radius 1 is 1.36 bits per heavy atom. The number of benzene rings is 1. The van der Waals surface area contributed by atoms with E-state index in [9.17, 15) is 10.1 Å². The Bertz CT molecular complexity index is 544. The average molecular weight is 306 g/mol. The first-order valence-electron chi connectivity index (χ1n) is 7.79. The first-order valence-corrected chi connectivity index (χ1v) is 7.79. The van der Waals surface area contributed by atoms with Gasteiger partial charge in [0.05, 0.1) is 11.5 Å². The van der Waals surface area contributed by atoms with Crippen LogP contribution in [0, 0.1) is 10.1 Å². The van der Waals surface area contributed by atoms with Gasteiger partial charge in [0.2, 0.25) is 0 Å². The molecule has 1 atom stereocenters. The number of piperazine rings is 3. The molecule has 3 aliphatic rings. The molecule has 0 radical (unpaired) electrons. The Morgan fingerprint density at radius 2 is 2.14 bits per heavy atom. The number of nitrogens with one attached hydrogen (secondary N) is 1. The molecule has 0 saturated carbocycles. The van der Waals surface area contributed by atoms with Crippen molar-refractivity contribution >= 4 is 11.4 Å². The lowest BCUT2D eigenvalue weighted by molar-refractivity contribution is -0.385. The second-order valence-electron chi connectivity index (χ2n) is 5.74. The topological polar surface area (TPSA) is 70.9 Å². The van der Waals surface area contributed by atoms with E-state index in [1.807, 2.05) is 6.92 Å². The number of rotatable bonds is 6. The largest absolute Gasteiger partial charge is 0.487 e. The van der Waals surface area contributed by atoms with Gasteiger partial charge in [0, 0.05) is 63.1 Å². The van der Waals surface area contributed by atoms with E-state index in [-0.39, 0.29) is 5.69 Å². The lowest BCUT2D eigenvalue weighted by Crippen LogP contribution is -2.62. The van der Waals surface area contributed by atoms with Crippen LogP contribution in [-0.4, -0.2) is 66.6 Å². The zero-order valence-electron chi connectivity index (χ0n) is 12.8. The van der Waals surface area contributed by atoms with Gasteiger partial charge in [-0.05, 0) is 13.0 Å². The highest BCUT2D eigenvalue weighted by Gasteiger charge is 2.31. The molecule has 1 N–H and O–H groups in total. The summed E-state index contributed by atoms with van der Waals surface area (Å²) in [6.45, 7) is 8.79. The van der Waals surface area contributed by atoms with Crippen molar-refractivity contribution in [3.8, 4) is 5.75 Å². The maximum atomic E-state index is 11.0. The highest BCUT2D eigenvalue weighted by molar-refractivity contribution is 5.58. The molecule has 0 unspecified atom stereocenters. The van der Waals surface area contributed by atoms with E-state index in [0.717, 1.165) is 31.9 Å². The number of nitro benzene ring substituents is 1. The minimum Gasteiger partial charge on any atom is -0.487 e. The number of hydrogen-bond acceptors (Lipinski definition) is 6. The van der Waals surface area contributed by atoms with Gasteiger partial charge < -0.3 is 10.1 Å². The maximum absolute atomic E-state index is 11.0. The maximum Gasteiger partial charge on any atom is 0.311 e. The first kappa shape index (κ1) is 15.1. The van der Waals surface area contributed by atoms with Crippen molar-refractivity contribution in [1.82, 2.24) is 9.80 Å². The average Bonchev–Trinajstić information content (AvgIpc) is 2.54. The number of ether oxygens (including phenoxy) is 1. The number of hydrogen-bond donors (Lipinski definition) is 1. The fourth-order valence-corrected chi connectivity index (χ4v) is 3.20. The second-order valence-corrected chi connectivity index (χ2v) is 5.74. The number of fused-ring (bicyclic) bond motifs is 3. The zero-order valence-corrected chi connectivity index (χ0v) is 12.8. The molecule has 7 nitrogen and oxygen atoms in total. The van der Waals surface area contributed by atoms with E-state index >= 15 is 0 Å². The third kappa shape index (κ3) is 3.15. The van der Waals surface area contributed by atoms with Crippen LogP contribution in [0.2, 0.25) is 0 Å². The molecule has 1 aromatic rings. The van der Waals surface area contributed by atoms with Gasteiger partial charge in [0.15, 0.2) is 5.75 Å². The van der Waals surface area contributed by atoms with E-state index in [2.05, 4.69) is 15.1 Å². The fraction of sp³-hybridized carbons (Fsp3) is 0.600. The highest BCUT2D eigenvalue weighted by atomic mass is 16.6. The molecule has 120 valence electrons. The summed E-state index contributed by atoms with van der Waals surface area (Å²) in [6.07, 6.45) is 0. The standard InChI is InChI=1S/C15H22N4O3/c1-2-22-15-9-12(3-4-14(15)19(20)21)16-10-13-11-17-5-7-18(13)8-6-17/h3-4,9,13,16H,2,5-8,10-11H2,1H3/t13-/m0/s1. The molecule has 0 spiro atoms. The van der Waals surface area contributed by atoms with Crippen LogP contribution in [0.4, 0.5) is 11.4 Å². The minimum atomic E-state index is -0.409. The van der Waals surface area contributed by atoms with Crippen LogP contribution < -0.4 is 10.1 Å². The Morgan fingerprint density at radius 3 is 2.73 bits per heavy atom. The van der Waals surface area contributed by atoms with Gasteiger partial charge >= 0.3 is 5.69 Å². The van der Waals surface area contributed by atoms with E-state index in [1.165, 1.54) is 19.2 Å². The van der Waals surface area contributed by atoms with Gasteiger partial charge in [0.25, 0.3) is 0 Å². The predicted octanol–water partition coefficient (Wildman–Crippen LogP) is 1.41. The van der Waals surface area contributed by atoms with Gasteiger partial charge in [-0.3, -0.25) is 19.9 Å². The van der Waals surface area contributed by atoms with Crippen LogP contribution in [-0.2, 0) is 0 Å². The summed E-state index contributed by atoms with van der Waals surface area (Å²) in [5, 5.41) is 14.4. The molecular formula is C15H22N4O3. The summed E-state index contributed by atoms with van der Waals surface area (Å²) in [7, 11) is 0. The van der Waals surface area contributed by atoms with Crippen LogP contribution in [0.5, 0.6) is 5.75 Å². The van der Waals surface area contributed by atoms with Crippen molar-refractivity contribution in [1.29, 1.82) is 0 Å². The molecule has 7 heteroatoms.